The number of alkyl halides is 3. The molecule has 0 unspecified atom stereocenters. The predicted molar refractivity (Wildman–Crippen MR) is 139 cm³/mol. The molecule has 0 aliphatic heterocycles. The van der Waals surface area contributed by atoms with E-state index in [4.69, 9.17) is 4.74 Å². The smallest absolute Gasteiger partial charge is 0.416 e. The maximum Gasteiger partial charge on any atom is 0.416 e. The Balaban J connectivity index is 1.37. The van der Waals surface area contributed by atoms with E-state index in [1.54, 1.807) is 18.2 Å². The van der Waals surface area contributed by atoms with Crippen LogP contribution in [0, 0.1) is 0 Å². The van der Waals surface area contributed by atoms with Crippen LogP contribution in [-0.4, -0.2) is 46.3 Å². The van der Waals surface area contributed by atoms with Gasteiger partial charge in [0.1, 0.15) is 5.75 Å². The molecule has 2 heterocycles. The second kappa shape index (κ2) is 10.5. The lowest BCUT2D eigenvalue weighted by atomic mass is 10.1. The molecule has 13 heteroatoms. The van der Waals surface area contributed by atoms with Gasteiger partial charge in [0.2, 0.25) is 0 Å². The van der Waals surface area contributed by atoms with E-state index in [2.05, 4.69) is 15.3 Å². The van der Waals surface area contributed by atoms with Crippen molar-refractivity contribution in [3.05, 3.63) is 77.6 Å². The second-order valence-corrected chi connectivity index (χ2v) is 11.6. The number of benzene rings is 2. The summed E-state index contributed by atoms with van der Waals surface area (Å²) in [5, 5.41) is 12.6. The zero-order valence-electron chi connectivity index (χ0n) is 21.2. The third-order valence-electron chi connectivity index (χ3n) is 6.57. The van der Waals surface area contributed by atoms with Gasteiger partial charge in [-0.05, 0) is 67.4 Å². The quantitative estimate of drug-likeness (QED) is 0.293. The van der Waals surface area contributed by atoms with Crippen LogP contribution in [-0.2, 0) is 16.0 Å². The normalized spacial score (nSPS) is 14.7. The van der Waals surface area contributed by atoms with Crippen molar-refractivity contribution in [2.45, 2.75) is 42.9 Å². The van der Waals surface area contributed by atoms with Crippen molar-refractivity contribution < 1.29 is 36.2 Å². The number of rotatable bonds is 9. The minimum Gasteiger partial charge on any atom is -0.425 e. The van der Waals surface area contributed by atoms with Crippen molar-refractivity contribution in [3.63, 3.8) is 0 Å². The van der Waals surface area contributed by atoms with Crippen LogP contribution in [0.2, 0.25) is 0 Å². The van der Waals surface area contributed by atoms with Crippen LogP contribution in [0.1, 0.15) is 53.5 Å². The molecule has 0 spiro atoms. The fourth-order valence-corrected chi connectivity index (χ4v) is 5.02. The summed E-state index contributed by atoms with van der Waals surface area (Å²) in [7, 11) is -3.44. The van der Waals surface area contributed by atoms with Gasteiger partial charge in [-0.3, -0.25) is 14.3 Å². The Hall–Kier alpha value is -3.97. The number of halogens is 3. The molecule has 0 saturated heterocycles. The van der Waals surface area contributed by atoms with Gasteiger partial charge in [0.25, 0.3) is 5.91 Å². The van der Waals surface area contributed by atoms with Crippen LogP contribution in [0.4, 0.5) is 13.2 Å². The second-order valence-electron chi connectivity index (χ2n) is 9.35. The van der Waals surface area contributed by atoms with Crippen LogP contribution < -0.4 is 10.1 Å². The topological polar surface area (TPSA) is 123 Å². The van der Waals surface area contributed by atoms with E-state index in [-0.39, 0.29) is 39.7 Å². The number of aromatic nitrogens is 3. The Labute approximate surface area is 227 Å². The van der Waals surface area contributed by atoms with Gasteiger partial charge in [-0.1, -0.05) is 6.92 Å². The molecular weight excluding hydrogens is 549 g/mol. The largest absolute Gasteiger partial charge is 0.425 e. The predicted octanol–water partition coefficient (Wildman–Crippen LogP) is 4.83. The fraction of sp³-hybridized carbons (Fsp3) is 0.296. The number of hydrogen-bond acceptors (Lipinski definition) is 7. The summed E-state index contributed by atoms with van der Waals surface area (Å²) in [6, 6.07) is 11.5. The average Bonchev–Trinajstić information content (AvgIpc) is 3.71. The molecule has 1 atom stereocenters. The van der Waals surface area contributed by atoms with Crippen molar-refractivity contribution in [1.82, 2.24) is 19.9 Å². The van der Waals surface area contributed by atoms with Gasteiger partial charge in [0.05, 0.1) is 45.6 Å². The lowest BCUT2D eigenvalue weighted by Crippen LogP contribution is -2.31. The van der Waals surface area contributed by atoms with Crippen LogP contribution in [0.25, 0.3) is 11.0 Å². The fourth-order valence-electron chi connectivity index (χ4n) is 4.20. The van der Waals surface area contributed by atoms with E-state index in [0.717, 1.165) is 25.0 Å². The maximum atomic E-state index is 13.0. The lowest BCUT2D eigenvalue weighted by Gasteiger charge is -2.16. The molecule has 0 bridgehead atoms. The van der Waals surface area contributed by atoms with Crippen molar-refractivity contribution in [2.24, 2.45) is 0 Å². The molecule has 1 aliphatic rings. The first-order chi connectivity index (χ1) is 19.0. The summed E-state index contributed by atoms with van der Waals surface area (Å²) >= 11 is 0. The van der Waals surface area contributed by atoms with Gasteiger partial charge in [-0.15, -0.1) is 0 Å². The first-order valence-corrected chi connectivity index (χ1v) is 14.1. The van der Waals surface area contributed by atoms with E-state index < -0.39 is 40.1 Å². The summed E-state index contributed by atoms with van der Waals surface area (Å²) < 4.78 is 70.5. The number of pyridine rings is 1. The lowest BCUT2D eigenvalue weighted by molar-refractivity contribution is -0.137. The zero-order valence-corrected chi connectivity index (χ0v) is 22.0. The number of fused-ring (bicyclic) bond motifs is 1. The highest BCUT2D eigenvalue weighted by molar-refractivity contribution is 7.91. The zero-order chi connectivity index (χ0) is 28.7. The number of carbonyl (C=O) groups is 1. The molecule has 210 valence electrons. The van der Waals surface area contributed by atoms with Crippen molar-refractivity contribution in [2.75, 3.05) is 12.4 Å². The Morgan fingerprint density at radius 3 is 2.45 bits per heavy atom. The molecular formula is C27H25F3N4O5S. The van der Waals surface area contributed by atoms with Gasteiger partial charge in [-0.25, -0.2) is 8.42 Å². The number of nitrogens with zero attached hydrogens (tertiary/aromatic N) is 3. The minimum atomic E-state index is -4.46. The van der Waals surface area contributed by atoms with Crippen molar-refractivity contribution >= 4 is 26.8 Å². The molecule has 1 fully saturated rings. The highest BCUT2D eigenvalue weighted by Gasteiger charge is 2.31. The van der Waals surface area contributed by atoms with E-state index in [1.165, 1.54) is 37.4 Å². The number of ether oxygens (including phenoxy) is 1. The maximum absolute atomic E-state index is 13.0. The molecule has 9 nitrogen and oxygen atoms in total. The number of aliphatic hydroxyl groups is 1. The number of nitrogens with one attached hydrogen (secondary N) is 1. The minimum absolute atomic E-state index is 0.0489. The number of imidazole rings is 1. The molecule has 1 aliphatic carbocycles. The standard InChI is InChI=1S/C27H25F3N4O5S/c1-2-40(37,38)20-10-11-21(31-14-20)23(15-35)32-25(36)16-3-12-24-22(13-16)33-26(34(24)18-6-7-18)39-19-8-4-17(5-9-19)27(28,29)30/h3-5,8-14,18,23,35H,2,6-7,15H2,1H3,(H,32,36)/t23-/m0/s1. The number of hydrogen-bond donors (Lipinski definition) is 2. The first kappa shape index (κ1) is 27.6. The average molecular weight is 575 g/mol. The summed E-state index contributed by atoms with van der Waals surface area (Å²) in [6.07, 6.45) is -1.49. The molecule has 1 saturated carbocycles. The molecule has 5 rings (SSSR count). The molecule has 4 aromatic rings. The Bertz CT molecular complexity index is 1650. The highest BCUT2D eigenvalue weighted by atomic mass is 32.2. The molecule has 40 heavy (non-hydrogen) atoms. The number of carbonyl (C=O) groups excluding carboxylic acids is 1. The summed E-state index contributed by atoms with van der Waals surface area (Å²) in [6.45, 7) is 1.05. The monoisotopic (exact) mass is 574 g/mol. The van der Waals surface area contributed by atoms with Gasteiger partial charge in [0.15, 0.2) is 9.84 Å². The van der Waals surface area contributed by atoms with Crippen LogP contribution in [0.15, 0.2) is 65.7 Å². The summed E-state index contributed by atoms with van der Waals surface area (Å²) in [4.78, 5) is 21.7. The molecule has 1 amide bonds. The van der Waals surface area contributed by atoms with Crippen molar-refractivity contribution in [3.8, 4) is 11.8 Å². The Morgan fingerprint density at radius 1 is 1.15 bits per heavy atom. The highest BCUT2D eigenvalue weighted by Crippen LogP contribution is 2.42. The van der Waals surface area contributed by atoms with Gasteiger partial charge in [0, 0.05) is 17.8 Å². The van der Waals surface area contributed by atoms with E-state index in [9.17, 15) is 31.5 Å². The third kappa shape index (κ3) is 5.65. The van der Waals surface area contributed by atoms with E-state index >= 15 is 0 Å². The van der Waals surface area contributed by atoms with Crippen LogP contribution >= 0.6 is 0 Å². The van der Waals surface area contributed by atoms with Gasteiger partial charge >= 0.3 is 12.2 Å². The van der Waals surface area contributed by atoms with Crippen molar-refractivity contribution in [1.29, 1.82) is 0 Å². The molecule has 0 radical (unpaired) electrons. The SMILES string of the molecule is CCS(=O)(=O)c1ccc([C@H](CO)NC(=O)c2ccc3c(c2)nc(Oc2ccc(C(F)(F)F)cc2)n3C2CC2)nc1. The number of sulfone groups is 1. The molecule has 2 N–H and O–H groups in total. The Morgan fingerprint density at radius 2 is 1.88 bits per heavy atom. The summed E-state index contributed by atoms with van der Waals surface area (Å²) in [5.41, 5.74) is 0.905. The molecule has 2 aromatic heterocycles. The van der Waals surface area contributed by atoms with Gasteiger partial charge < -0.3 is 15.2 Å². The Kier molecular flexibility index (Phi) is 7.27. The molecule has 2 aromatic carbocycles. The van der Waals surface area contributed by atoms with Crippen LogP contribution in [0.3, 0.4) is 0 Å². The number of aliphatic hydroxyl groups excluding tert-OH is 1. The van der Waals surface area contributed by atoms with Crippen LogP contribution in [0.5, 0.6) is 11.8 Å². The number of amides is 1. The summed E-state index contributed by atoms with van der Waals surface area (Å²) in [5.74, 6) is -0.400. The van der Waals surface area contributed by atoms with E-state index in [1.807, 2.05) is 4.57 Å². The van der Waals surface area contributed by atoms with E-state index in [0.29, 0.717) is 11.0 Å². The first-order valence-electron chi connectivity index (χ1n) is 12.5. The third-order valence-corrected chi connectivity index (χ3v) is 8.29. The van der Waals surface area contributed by atoms with Gasteiger partial charge in [-0.2, -0.15) is 18.2 Å².